The Balaban J connectivity index is 0.00000378. The average Bonchev–Trinajstić information content (AvgIpc) is 3.10. The second-order valence-corrected chi connectivity index (χ2v) is 16.0. The third-order valence-electron chi connectivity index (χ3n) is 8.54. The molecule has 2 N–H and O–H groups in total. The predicted molar refractivity (Wildman–Crippen MR) is 194 cm³/mol. The minimum absolute atomic E-state index is 0. The van der Waals surface area contributed by atoms with E-state index in [4.69, 9.17) is 0 Å². The number of likely N-dealkylation sites (N-methyl/N-ethyl adjacent to an activating group) is 1. The van der Waals surface area contributed by atoms with Gasteiger partial charge in [-0.1, -0.05) is 85.8 Å². The Hall–Kier alpha value is -2.41. The Labute approximate surface area is 356 Å². The van der Waals surface area contributed by atoms with Crippen molar-refractivity contribution in [2.24, 2.45) is 0 Å². The van der Waals surface area contributed by atoms with Crippen molar-refractivity contribution in [2.45, 2.75) is 47.7 Å². The quantitative estimate of drug-likeness (QED) is 0.137. The van der Waals surface area contributed by atoms with Crippen molar-refractivity contribution in [2.75, 3.05) is 18.0 Å². The van der Waals surface area contributed by atoms with E-state index in [9.17, 15) is 38.9 Å². The van der Waals surface area contributed by atoms with Gasteiger partial charge in [0, 0.05) is 36.9 Å². The molecule has 1 aliphatic carbocycles. The van der Waals surface area contributed by atoms with Crippen LogP contribution in [0.2, 0.25) is 0 Å². The van der Waals surface area contributed by atoms with Gasteiger partial charge in [-0.2, -0.15) is 16.8 Å². The minimum Gasteiger partial charge on any atom is -0.744 e. The molecule has 1 aliphatic rings. The number of nitrogens with zero attached hydrogens (tertiary/aromatic N) is 2. The first-order chi connectivity index (χ1) is 24.1. The molecular weight excluding hydrogens is 759 g/mol. The summed E-state index contributed by atoms with van der Waals surface area (Å²) in [4.78, 5) is 3.35. The fourth-order valence-corrected chi connectivity index (χ4v) is 7.81. The molecule has 4 aromatic carbocycles. The summed E-state index contributed by atoms with van der Waals surface area (Å²) < 4.78 is 103. The van der Waals surface area contributed by atoms with Gasteiger partial charge in [0.1, 0.15) is 15.0 Å². The largest absolute Gasteiger partial charge is 1.00 e. The number of allylic oxidation sites excluding steroid dienone is 3. The average molecular weight is 796 g/mol. The van der Waals surface area contributed by atoms with E-state index in [0.717, 1.165) is 5.69 Å². The molecule has 0 fully saturated rings. The van der Waals surface area contributed by atoms with Crippen molar-refractivity contribution in [1.82, 2.24) is 4.90 Å². The Bertz CT molecular complexity index is 2330. The molecule has 11 nitrogen and oxygen atoms in total. The molecular formula is C37H37N2Na2O9S3+. The molecule has 0 unspecified atom stereocenters. The summed E-state index contributed by atoms with van der Waals surface area (Å²) in [5, 5.41) is 0. The van der Waals surface area contributed by atoms with Crippen molar-refractivity contribution >= 4 is 41.6 Å². The van der Waals surface area contributed by atoms with E-state index in [1.165, 1.54) is 42.5 Å². The van der Waals surface area contributed by atoms with Crippen molar-refractivity contribution in [3.05, 3.63) is 149 Å². The van der Waals surface area contributed by atoms with Gasteiger partial charge in [0.25, 0.3) is 20.2 Å². The molecule has 0 bridgehead atoms. The van der Waals surface area contributed by atoms with Crippen molar-refractivity contribution < 1.29 is 98.0 Å². The fraction of sp³-hybridized carbons (Fsp3) is 0.189. The van der Waals surface area contributed by atoms with Crippen molar-refractivity contribution in [3.63, 3.8) is 0 Å². The predicted octanol–water partition coefficient (Wildman–Crippen LogP) is -0.0628. The van der Waals surface area contributed by atoms with E-state index >= 15 is 0 Å². The summed E-state index contributed by atoms with van der Waals surface area (Å²) in [6.45, 7) is 5.81. The van der Waals surface area contributed by atoms with E-state index in [-0.39, 0.29) is 79.8 Å². The maximum atomic E-state index is 12.5. The standard InChI is InChI=1S/C37H38N2O9S3.2Na/c1-3-38(25-27-9-7-11-33(23-27)49(40,41)42)31-19-15-29(16-20-31)37(35-13-5-6-14-36(35)51(46,47)48)30-17-21-32(22-18-30)39(4-2)26-28-10-8-12-34(24-28)50(43,44)45;;/h5-24,31H,3-4,25-26H2,1-2H3,(H,40,41,42)(H,43,44,45)(H,46,47,48);;/q;2*+1/p-1. The molecule has 0 atom stereocenters. The smallest absolute Gasteiger partial charge is 0.744 e. The van der Waals surface area contributed by atoms with Gasteiger partial charge in [-0.15, -0.1) is 0 Å². The van der Waals surface area contributed by atoms with Crippen LogP contribution in [-0.4, -0.2) is 62.9 Å². The molecule has 0 heterocycles. The summed E-state index contributed by atoms with van der Waals surface area (Å²) in [7, 11) is -13.6. The maximum Gasteiger partial charge on any atom is 1.00 e. The molecule has 5 rings (SSSR count). The van der Waals surface area contributed by atoms with Crippen LogP contribution in [0, 0.1) is 0 Å². The number of hydrogen-bond acceptors (Lipinski definition) is 9. The van der Waals surface area contributed by atoms with Gasteiger partial charge in [-0.3, -0.25) is 14.0 Å². The maximum absolute atomic E-state index is 12.5. The molecule has 53 heavy (non-hydrogen) atoms. The number of rotatable bonds is 13. The van der Waals surface area contributed by atoms with Gasteiger partial charge in [-0.05, 0) is 83.8 Å². The Morgan fingerprint density at radius 2 is 1.25 bits per heavy atom. The molecule has 0 amide bonds. The van der Waals surface area contributed by atoms with Gasteiger partial charge in [0.05, 0.1) is 9.79 Å². The molecule has 0 saturated heterocycles. The van der Waals surface area contributed by atoms with Gasteiger partial charge >= 0.3 is 59.1 Å². The Morgan fingerprint density at radius 3 is 1.79 bits per heavy atom. The summed E-state index contributed by atoms with van der Waals surface area (Å²) in [5.74, 6) is 0. The van der Waals surface area contributed by atoms with Crippen LogP contribution in [0.15, 0.2) is 142 Å². The first kappa shape index (κ1) is 45.0. The molecule has 16 heteroatoms. The number of hydrogen-bond donors (Lipinski definition) is 2. The second-order valence-electron chi connectivity index (χ2n) is 11.9. The van der Waals surface area contributed by atoms with Crippen molar-refractivity contribution in [1.29, 1.82) is 0 Å². The third-order valence-corrected chi connectivity index (χ3v) is 11.1. The molecule has 0 aromatic heterocycles. The molecule has 0 radical (unpaired) electrons. The van der Waals surface area contributed by atoms with Gasteiger partial charge < -0.3 is 9.45 Å². The van der Waals surface area contributed by atoms with Crippen LogP contribution < -0.4 is 64.0 Å². The van der Waals surface area contributed by atoms with Gasteiger partial charge in [0.2, 0.25) is 0 Å². The van der Waals surface area contributed by atoms with E-state index < -0.39 is 30.4 Å². The summed E-state index contributed by atoms with van der Waals surface area (Å²) >= 11 is 0. The molecule has 268 valence electrons. The summed E-state index contributed by atoms with van der Waals surface area (Å²) in [5.41, 5.74) is 4.36. The normalized spacial score (nSPS) is 14.4. The van der Waals surface area contributed by atoms with Crippen LogP contribution in [0.1, 0.15) is 36.1 Å². The zero-order valence-corrected chi connectivity index (χ0v) is 36.3. The summed E-state index contributed by atoms with van der Waals surface area (Å²) in [6.07, 6.45) is 7.63. The Kier molecular flexibility index (Phi) is 16.1. The zero-order chi connectivity index (χ0) is 37.0. The molecule has 0 spiro atoms. The van der Waals surface area contributed by atoms with Crippen LogP contribution in [0.4, 0.5) is 5.69 Å². The monoisotopic (exact) mass is 795 g/mol. The molecule has 4 aromatic rings. The van der Waals surface area contributed by atoms with E-state index in [1.807, 2.05) is 67.3 Å². The topological polar surface area (TPSA) is 172 Å². The van der Waals surface area contributed by atoms with E-state index in [2.05, 4.69) is 4.90 Å². The first-order valence-corrected chi connectivity index (χ1v) is 20.3. The van der Waals surface area contributed by atoms with Crippen LogP contribution in [0.5, 0.6) is 0 Å². The molecule has 0 saturated carbocycles. The first-order valence-electron chi connectivity index (χ1n) is 16.0. The number of benzene rings is 4. The van der Waals surface area contributed by atoms with Crippen molar-refractivity contribution in [3.8, 4) is 0 Å². The summed E-state index contributed by atoms with van der Waals surface area (Å²) in [6, 6.07) is 25.4. The van der Waals surface area contributed by atoms with E-state index in [0.29, 0.717) is 59.6 Å². The zero-order valence-electron chi connectivity index (χ0n) is 29.8. The minimum atomic E-state index is -4.60. The van der Waals surface area contributed by atoms with Crippen LogP contribution in [-0.2, 0) is 43.4 Å². The van der Waals surface area contributed by atoms with E-state index in [1.54, 1.807) is 30.3 Å². The SMILES string of the molecule is CCN(Cc1cccc(S(=O)(=O)O)c1)c1ccc(C(=C2C=CC(N(CC)Cc3cccc(S(=O)(=O)[O-])c3)C=C2)c2ccccc2S(=O)(=O)O)cc1.[Na+].[Na+]. The fourth-order valence-electron chi connectivity index (χ4n) is 6.02. The van der Waals surface area contributed by atoms with Crippen LogP contribution >= 0.6 is 0 Å². The molecule has 0 aliphatic heterocycles. The van der Waals surface area contributed by atoms with Crippen LogP contribution in [0.3, 0.4) is 0 Å². The van der Waals surface area contributed by atoms with Gasteiger partial charge in [-0.25, -0.2) is 8.42 Å². The Morgan fingerprint density at radius 1 is 0.679 bits per heavy atom. The second kappa shape index (κ2) is 19.0. The van der Waals surface area contributed by atoms with Gasteiger partial charge in [0.15, 0.2) is 0 Å². The number of anilines is 1. The third kappa shape index (κ3) is 11.6. The van der Waals surface area contributed by atoms with Crippen LogP contribution in [0.25, 0.3) is 5.57 Å².